The number of phenolic OH excluding ortho intramolecular Hbond substituents is 1. The van der Waals surface area contributed by atoms with Crippen molar-refractivity contribution >= 4 is 5.69 Å². The second-order valence-corrected chi connectivity index (χ2v) is 3.40. The summed E-state index contributed by atoms with van der Waals surface area (Å²) in [4.78, 5) is 4.10. The van der Waals surface area contributed by atoms with Crippen molar-refractivity contribution in [3.63, 3.8) is 0 Å². The smallest absolute Gasteiger partial charge is 0.261 e. The molecule has 0 aliphatic rings. The van der Waals surface area contributed by atoms with Crippen molar-refractivity contribution in [1.29, 1.82) is 0 Å². The summed E-state index contributed by atoms with van der Waals surface area (Å²) in [6.45, 7) is 2.74. The highest BCUT2D eigenvalue weighted by atomic mass is 16.5. The molecule has 2 aromatic rings. The minimum absolute atomic E-state index is 0.0564. The van der Waals surface area contributed by atoms with Gasteiger partial charge in [-0.2, -0.15) is 4.98 Å². The fourth-order valence-corrected chi connectivity index (χ4v) is 1.35. The molecular weight excluding hydrogens is 222 g/mol. The van der Waals surface area contributed by atoms with Crippen molar-refractivity contribution in [2.24, 2.45) is 0 Å². The molecule has 0 saturated heterocycles. The predicted molar refractivity (Wildman–Crippen MR) is 61.1 cm³/mol. The van der Waals surface area contributed by atoms with Gasteiger partial charge in [0.05, 0.1) is 11.3 Å². The molecule has 1 aromatic carbocycles. The molecule has 0 spiro atoms. The first kappa shape index (κ1) is 11.4. The first-order valence-electron chi connectivity index (χ1n) is 5.20. The summed E-state index contributed by atoms with van der Waals surface area (Å²) in [6, 6.07) is 4.96. The Balaban J connectivity index is 2.27. The van der Waals surface area contributed by atoms with Crippen LogP contribution in [0.25, 0.3) is 11.5 Å². The lowest BCUT2D eigenvalue weighted by molar-refractivity contribution is 0.126. The average Bonchev–Trinajstić information content (AvgIpc) is 2.78. The van der Waals surface area contributed by atoms with Crippen LogP contribution < -0.4 is 5.73 Å². The Kier molecular flexibility index (Phi) is 3.24. The highest BCUT2D eigenvalue weighted by Crippen LogP contribution is 2.32. The lowest BCUT2D eigenvalue weighted by atomic mass is 10.2. The standard InChI is InChI=1S/C11H13N3O3/c1-2-16-6-9-13-11(17-14-9)7-4-3-5-8(12)10(7)15/h3-5,15H,2,6,12H2,1H3. The van der Waals surface area contributed by atoms with Gasteiger partial charge in [-0.05, 0) is 19.1 Å². The Morgan fingerprint density at radius 2 is 2.29 bits per heavy atom. The van der Waals surface area contributed by atoms with Gasteiger partial charge in [0.25, 0.3) is 5.89 Å². The van der Waals surface area contributed by atoms with Crippen molar-refractivity contribution in [2.75, 3.05) is 12.3 Å². The van der Waals surface area contributed by atoms with E-state index in [0.717, 1.165) is 0 Å². The number of nitrogens with zero attached hydrogens (tertiary/aromatic N) is 2. The molecule has 2 rings (SSSR count). The first-order valence-corrected chi connectivity index (χ1v) is 5.20. The Labute approximate surface area is 98.0 Å². The maximum absolute atomic E-state index is 9.75. The fraction of sp³-hybridized carbons (Fsp3) is 0.273. The molecule has 0 fully saturated rings. The number of ether oxygens (including phenoxy) is 1. The second kappa shape index (κ2) is 4.84. The molecule has 0 unspecified atom stereocenters. The number of benzene rings is 1. The van der Waals surface area contributed by atoms with Gasteiger partial charge >= 0.3 is 0 Å². The number of hydrogen-bond acceptors (Lipinski definition) is 6. The molecule has 0 aliphatic heterocycles. The Morgan fingerprint density at radius 1 is 1.47 bits per heavy atom. The van der Waals surface area contributed by atoms with Gasteiger partial charge in [0.2, 0.25) is 0 Å². The molecule has 6 nitrogen and oxygen atoms in total. The van der Waals surface area contributed by atoms with Gasteiger partial charge in [-0.25, -0.2) is 0 Å². The highest BCUT2D eigenvalue weighted by Gasteiger charge is 2.14. The summed E-state index contributed by atoms with van der Waals surface area (Å²) in [7, 11) is 0. The lowest BCUT2D eigenvalue weighted by Crippen LogP contribution is -1.93. The molecule has 0 bridgehead atoms. The molecule has 0 atom stereocenters. The molecule has 1 heterocycles. The maximum atomic E-state index is 9.75. The summed E-state index contributed by atoms with van der Waals surface area (Å²) in [5.41, 5.74) is 6.27. The summed E-state index contributed by atoms with van der Waals surface area (Å²) in [6.07, 6.45) is 0. The molecule has 0 amide bonds. The van der Waals surface area contributed by atoms with E-state index in [9.17, 15) is 5.11 Å². The van der Waals surface area contributed by atoms with E-state index in [-0.39, 0.29) is 23.9 Å². The van der Waals surface area contributed by atoms with Gasteiger partial charge in [0.15, 0.2) is 11.6 Å². The van der Waals surface area contributed by atoms with Crippen LogP contribution >= 0.6 is 0 Å². The van der Waals surface area contributed by atoms with Crippen LogP contribution in [0.3, 0.4) is 0 Å². The van der Waals surface area contributed by atoms with Gasteiger partial charge < -0.3 is 20.1 Å². The normalized spacial score (nSPS) is 10.6. The summed E-state index contributed by atoms with van der Waals surface area (Å²) in [5.74, 6) is 0.604. The Bertz CT molecular complexity index is 510. The van der Waals surface area contributed by atoms with Gasteiger partial charge in [-0.3, -0.25) is 0 Å². The van der Waals surface area contributed by atoms with E-state index in [0.29, 0.717) is 18.0 Å². The molecule has 0 radical (unpaired) electrons. The van der Waals surface area contributed by atoms with Crippen molar-refractivity contribution in [1.82, 2.24) is 10.1 Å². The summed E-state index contributed by atoms with van der Waals surface area (Å²) >= 11 is 0. The maximum Gasteiger partial charge on any atom is 0.261 e. The summed E-state index contributed by atoms with van der Waals surface area (Å²) in [5, 5.41) is 13.5. The third kappa shape index (κ3) is 2.36. The number of aromatic hydroxyl groups is 1. The molecule has 3 N–H and O–H groups in total. The topological polar surface area (TPSA) is 94.4 Å². The van der Waals surface area contributed by atoms with E-state index in [1.807, 2.05) is 6.92 Å². The van der Waals surface area contributed by atoms with E-state index in [2.05, 4.69) is 10.1 Å². The third-order valence-electron chi connectivity index (χ3n) is 2.20. The SMILES string of the molecule is CCOCc1noc(-c2cccc(N)c2O)n1. The molecule has 1 aromatic heterocycles. The molecular formula is C11H13N3O3. The minimum Gasteiger partial charge on any atom is -0.505 e. The monoisotopic (exact) mass is 235 g/mol. The number of rotatable bonds is 4. The largest absolute Gasteiger partial charge is 0.505 e. The van der Waals surface area contributed by atoms with Crippen molar-refractivity contribution < 1.29 is 14.4 Å². The molecule has 17 heavy (non-hydrogen) atoms. The lowest BCUT2D eigenvalue weighted by Gasteiger charge is -2.01. The fourth-order valence-electron chi connectivity index (χ4n) is 1.35. The number of hydrogen-bond donors (Lipinski definition) is 2. The van der Waals surface area contributed by atoms with Crippen molar-refractivity contribution in [3.8, 4) is 17.2 Å². The summed E-state index contributed by atoms with van der Waals surface area (Å²) < 4.78 is 10.2. The number of phenols is 1. The Hall–Kier alpha value is -2.08. The van der Waals surface area contributed by atoms with E-state index in [1.54, 1.807) is 18.2 Å². The van der Waals surface area contributed by atoms with Crippen molar-refractivity contribution in [3.05, 3.63) is 24.0 Å². The van der Waals surface area contributed by atoms with Crippen molar-refractivity contribution in [2.45, 2.75) is 13.5 Å². The van der Waals surface area contributed by atoms with Gasteiger partial charge in [0.1, 0.15) is 6.61 Å². The van der Waals surface area contributed by atoms with Crippen LogP contribution in [0, 0.1) is 0 Å². The van der Waals surface area contributed by atoms with Crippen LogP contribution in [0.15, 0.2) is 22.7 Å². The number of nitrogens with two attached hydrogens (primary N) is 1. The predicted octanol–water partition coefficient (Wildman–Crippen LogP) is 1.56. The zero-order valence-electron chi connectivity index (χ0n) is 9.38. The number of nitrogen functional groups attached to an aromatic ring is 1. The molecule has 0 aliphatic carbocycles. The second-order valence-electron chi connectivity index (χ2n) is 3.40. The molecule has 6 heteroatoms. The van der Waals surface area contributed by atoms with Crippen LogP contribution in [0.2, 0.25) is 0 Å². The van der Waals surface area contributed by atoms with Gasteiger partial charge in [-0.1, -0.05) is 11.2 Å². The number of aromatic nitrogens is 2. The van der Waals surface area contributed by atoms with Crippen LogP contribution in [0.4, 0.5) is 5.69 Å². The van der Waals surface area contributed by atoms with E-state index in [1.165, 1.54) is 0 Å². The van der Waals surface area contributed by atoms with Crippen LogP contribution in [-0.2, 0) is 11.3 Å². The first-order chi connectivity index (χ1) is 8.22. The zero-order valence-corrected chi connectivity index (χ0v) is 9.38. The zero-order chi connectivity index (χ0) is 12.3. The van der Waals surface area contributed by atoms with Gasteiger partial charge in [-0.15, -0.1) is 0 Å². The van der Waals surface area contributed by atoms with Crippen LogP contribution in [0.5, 0.6) is 5.75 Å². The average molecular weight is 235 g/mol. The minimum atomic E-state index is -0.0564. The quantitative estimate of drug-likeness (QED) is 0.617. The molecule has 0 saturated carbocycles. The van der Waals surface area contributed by atoms with Crippen LogP contribution in [-0.4, -0.2) is 21.9 Å². The highest BCUT2D eigenvalue weighted by molar-refractivity contribution is 5.71. The van der Waals surface area contributed by atoms with E-state index < -0.39 is 0 Å². The Morgan fingerprint density at radius 3 is 3.06 bits per heavy atom. The van der Waals surface area contributed by atoms with E-state index in [4.69, 9.17) is 15.0 Å². The third-order valence-corrected chi connectivity index (χ3v) is 2.20. The van der Waals surface area contributed by atoms with Gasteiger partial charge in [0, 0.05) is 6.61 Å². The van der Waals surface area contributed by atoms with Crippen LogP contribution in [0.1, 0.15) is 12.7 Å². The van der Waals surface area contributed by atoms with E-state index >= 15 is 0 Å². The molecule has 90 valence electrons. The number of para-hydroxylation sites is 1. The number of anilines is 1.